The predicted octanol–water partition coefficient (Wildman–Crippen LogP) is 2.97. The van der Waals surface area contributed by atoms with Crippen molar-refractivity contribution in [3.63, 3.8) is 0 Å². The molecule has 6 nitrogen and oxygen atoms in total. The first-order valence-electron chi connectivity index (χ1n) is 8.79. The fraction of sp³-hybridized carbons (Fsp3) is 0.238. The summed E-state index contributed by atoms with van der Waals surface area (Å²) in [5.41, 5.74) is 6.91. The molecular weight excluding hydrogens is 376 g/mol. The van der Waals surface area contributed by atoms with Gasteiger partial charge < -0.3 is 11.1 Å². The Balaban J connectivity index is 2.14. The van der Waals surface area contributed by atoms with Gasteiger partial charge in [-0.25, -0.2) is 0 Å². The Labute approximate surface area is 167 Å². The number of carbonyl (C=O) groups excluding carboxylic acids is 4. The summed E-state index contributed by atoms with van der Waals surface area (Å²) in [7, 11) is 0. The number of hydrogen-bond donors (Lipinski definition) is 2. The molecule has 7 heteroatoms. The Kier molecular flexibility index (Phi) is 7.52. The second-order valence-electron chi connectivity index (χ2n) is 6.33. The molecule has 0 unspecified atom stereocenters. The van der Waals surface area contributed by atoms with Crippen LogP contribution < -0.4 is 11.1 Å². The molecule has 1 aromatic carbocycles. The lowest BCUT2D eigenvalue weighted by atomic mass is 9.94. The molecule has 0 aliphatic heterocycles. The third-order valence-corrected chi connectivity index (χ3v) is 5.07. The number of ketones is 1. The van der Waals surface area contributed by atoms with E-state index in [1.807, 2.05) is 18.2 Å². The minimum atomic E-state index is -0.829. The average Bonchev–Trinajstić information content (AvgIpc) is 2.70. The zero-order chi connectivity index (χ0) is 20.7. The molecule has 0 fully saturated rings. The Bertz CT molecular complexity index is 899. The van der Waals surface area contributed by atoms with E-state index in [0.717, 1.165) is 24.6 Å². The van der Waals surface area contributed by atoms with Gasteiger partial charge in [0.25, 0.3) is 5.91 Å². The second kappa shape index (κ2) is 9.85. The fourth-order valence-corrected chi connectivity index (χ4v) is 3.34. The topological polar surface area (TPSA) is 106 Å². The van der Waals surface area contributed by atoms with Crippen LogP contribution in [0.3, 0.4) is 0 Å². The van der Waals surface area contributed by atoms with Crippen molar-refractivity contribution >= 4 is 34.5 Å². The number of thioether (sulfide) groups is 1. The summed E-state index contributed by atoms with van der Waals surface area (Å²) in [4.78, 5) is 47.5. The first kappa shape index (κ1) is 21.4. The SMILES string of the molecule is CC(=O)N/C(=C\SC(=O)[C@H](C)c1cccc(C(=O)C2=CCCC=C2)c1)C(N)=O. The molecule has 0 aromatic heterocycles. The summed E-state index contributed by atoms with van der Waals surface area (Å²) >= 11 is 0.776. The van der Waals surface area contributed by atoms with Crippen LogP contribution in [-0.4, -0.2) is 22.7 Å². The maximum atomic E-state index is 12.6. The van der Waals surface area contributed by atoms with Gasteiger partial charge in [-0.15, -0.1) is 0 Å². The summed E-state index contributed by atoms with van der Waals surface area (Å²) in [5.74, 6) is -1.88. The van der Waals surface area contributed by atoms with Gasteiger partial charge in [0.1, 0.15) is 5.70 Å². The number of carbonyl (C=O) groups is 4. The molecule has 1 aliphatic carbocycles. The van der Waals surface area contributed by atoms with Crippen molar-refractivity contribution in [2.24, 2.45) is 5.73 Å². The molecule has 1 atom stereocenters. The largest absolute Gasteiger partial charge is 0.364 e. The maximum Gasteiger partial charge on any atom is 0.265 e. The lowest BCUT2D eigenvalue weighted by Gasteiger charge is -2.12. The highest BCUT2D eigenvalue weighted by Gasteiger charge is 2.19. The van der Waals surface area contributed by atoms with Crippen LogP contribution in [0.1, 0.15) is 48.5 Å². The number of nitrogens with one attached hydrogen (secondary N) is 1. The van der Waals surface area contributed by atoms with Crippen LogP contribution >= 0.6 is 11.8 Å². The first-order valence-corrected chi connectivity index (χ1v) is 9.67. The Morgan fingerprint density at radius 1 is 1.21 bits per heavy atom. The van der Waals surface area contributed by atoms with E-state index in [-0.39, 0.29) is 16.6 Å². The van der Waals surface area contributed by atoms with Gasteiger partial charge in [-0.3, -0.25) is 19.2 Å². The molecule has 3 N–H and O–H groups in total. The molecule has 0 spiro atoms. The highest BCUT2D eigenvalue weighted by molar-refractivity contribution is 8.16. The lowest BCUT2D eigenvalue weighted by molar-refractivity contribution is -0.121. The molecule has 146 valence electrons. The molecule has 28 heavy (non-hydrogen) atoms. The molecular formula is C21H22N2O4S. The summed E-state index contributed by atoms with van der Waals surface area (Å²) < 4.78 is 0. The van der Waals surface area contributed by atoms with Crippen LogP contribution in [0.25, 0.3) is 0 Å². The van der Waals surface area contributed by atoms with Gasteiger partial charge in [0.05, 0.1) is 5.92 Å². The quantitative estimate of drug-likeness (QED) is 0.542. The number of allylic oxidation sites excluding steroid dienone is 4. The second-order valence-corrected chi connectivity index (χ2v) is 7.20. The van der Waals surface area contributed by atoms with Crippen molar-refractivity contribution in [2.75, 3.05) is 0 Å². The standard InChI is InChI=1S/C21H22N2O4S/c1-13(21(27)28-12-18(20(22)26)23-14(2)24)16-9-6-10-17(11-16)19(25)15-7-4-3-5-8-15/h4,6-13H,3,5H2,1-2H3,(H2,22,26)(H,23,24)/b18-12-/t13-/m1/s1. The highest BCUT2D eigenvalue weighted by Crippen LogP contribution is 2.25. The molecule has 0 bridgehead atoms. The molecule has 0 heterocycles. The van der Waals surface area contributed by atoms with Crippen LogP contribution in [0.5, 0.6) is 0 Å². The van der Waals surface area contributed by atoms with Crippen LogP contribution in [-0.2, 0) is 14.4 Å². The van der Waals surface area contributed by atoms with Gasteiger partial charge in [0.15, 0.2) is 10.9 Å². The summed E-state index contributed by atoms with van der Waals surface area (Å²) in [6, 6.07) is 6.95. The number of nitrogens with two attached hydrogens (primary N) is 1. The van der Waals surface area contributed by atoms with Gasteiger partial charge in [-0.05, 0) is 24.5 Å². The third-order valence-electron chi connectivity index (χ3n) is 4.13. The van der Waals surface area contributed by atoms with Crippen molar-refractivity contribution in [3.8, 4) is 0 Å². The lowest BCUT2D eigenvalue weighted by Crippen LogP contribution is -2.29. The zero-order valence-electron chi connectivity index (χ0n) is 15.7. The monoisotopic (exact) mass is 398 g/mol. The highest BCUT2D eigenvalue weighted by atomic mass is 32.2. The van der Waals surface area contributed by atoms with Crippen molar-refractivity contribution in [1.29, 1.82) is 0 Å². The Morgan fingerprint density at radius 3 is 2.57 bits per heavy atom. The Morgan fingerprint density at radius 2 is 1.96 bits per heavy atom. The van der Waals surface area contributed by atoms with Gasteiger partial charge in [-0.2, -0.15) is 0 Å². The minimum Gasteiger partial charge on any atom is -0.364 e. The van der Waals surface area contributed by atoms with Crippen LogP contribution in [0.2, 0.25) is 0 Å². The minimum absolute atomic E-state index is 0.0772. The van der Waals surface area contributed by atoms with E-state index in [2.05, 4.69) is 5.32 Å². The van der Waals surface area contributed by atoms with E-state index in [4.69, 9.17) is 5.73 Å². The van der Waals surface area contributed by atoms with Crippen LogP contribution in [0.4, 0.5) is 0 Å². The Hall–Kier alpha value is -2.93. The van der Waals surface area contributed by atoms with Gasteiger partial charge in [0, 0.05) is 23.5 Å². The van der Waals surface area contributed by atoms with Crippen molar-refractivity contribution < 1.29 is 19.2 Å². The van der Waals surface area contributed by atoms with Crippen LogP contribution in [0.15, 0.2) is 59.2 Å². The van der Waals surface area contributed by atoms with E-state index in [1.165, 1.54) is 12.3 Å². The number of benzene rings is 1. The summed E-state index contributed by atoms with van der Waals surface area (Å²) in [5, 5.41) is 3.28. The van der Waals surface area contributed by atoms with Crippen molar-refractivity contribution in [2.45, 2.75) is 32.6 Å². The van der Waals surface area contributed by atoms with E-state index in [0.29, 0.717) is 16.7 Å². The summed E-state index contributed by atoms with van der Waals surface area (Å²) in [6.07, 6.45) is 7.47. The first-order chi connectivity index (χ1) is 13.3. The van der Waals surface area contributed by atoms with Gasteiger partial charge in [0.2, 0.25) is 5.91 Å². The van der Waals surface area contributed by atoms with Crippen molar-refractivity contribution in [3.05, 3.63) is 70.3 Å². The van der Waals surface area contributed by atoms with Crippen molar-refractivity contribution in [1.82, 2.24) is 5.32 Å². The molecule has 1 aromatic rings. The van der Waals surface area contributed by atoms with Crippen LogP contribution in [0, 0.1) is 0 Å². The van der Waals surface area contributed by atoms with Gasteiger partial charge >= 0.3 is 0 Å². The fourth-order valence-electron chi connectivity index (χ4n) is 2.59. The van der Waals surface area contributed by atoms with E-state index >= 15 is 0 Å². The molecule has 1 aliphatic rings. The van der Waals surface area contributed by atoms with E-state index in [9.17, 15) is 19.2 Å². The zero-order valence-corrected chi connectivity index (χ0v) is 16.5. The molecule has 2 rings (SSSR count). The summed E-state index contributed by atoms with van der Waals surface area (Å²) in [6.45, 7) is 2.96. The number of hydrogen-bond acceptors (Lipinski definition) is 5. The molecule has 0 radical (unpaired) electrons. The molecule has 0 saturated heterocycles. The molecule has 0 saturated carbocycles. The predicted molar refractivity (Wildman–Crippen MR) is 109 cm³/mol. The van der Waals surface area contributed by atoms with Gasteiger partial charge in [-0.1, -0.05) is 55.1 Å². The average molecular weight is 398 g/mol. The normalized spacial score (nSPS) is 14.8. The van der Waals surface area contributed by atoms with E-state index in [1.54, 1.807) is 31.2 Å². The number of primary amides is 1. The smallest absolute Gasteiger partial charge is 0.265 e. The number of Topliss-reactive ketones (excluding diaryl/α,β-unsaturated/α-hetero) is 1. The van der Waals surface area contributed by atoms with E-state index < -0.39 is 17.7 Å². The third kappa shape index (κ3) is 5.79. The maximum absolute atomic E-state index is 12.6. The molecule has 2 amide bonds. The number of amides is 2. The number of rotatable bonds is 7.